The lowest BCUT2D eigenvalue weighted by molar-refractivity contribution is -0.138. The minimum Gasteiger partial charge on any atom is -0.481 e. The average Bonchev–Trinajstić information content (AvgIpc) is 3.44. The van der Waals surface area contributed by atoms with Crippen molar-refractivity contribution in [2.45, 2.75) is 25.8 Å². The molecular weight excluding hydrogens is 510 g/mol. The van der Waals surface area contributed by atoms with Gasteiger partial charge in [0.15, 0.2) is 5.78 Å². The number of carboxylic acid groups (broad SMARTS) is 1. The molecule has 1 atom stereocenters. The van der Waals surface area contributed by atoms with Gasteiger partial charge in [-0.3, -0.25) is 9.59 Å². The van der Waals surface area contributed by atoms with Gasteiger partial charge in [0.2, 0.25) is 0 Å². The molecule has 5 aromatic rings. The highest BCUT2D eigenvalue weighted by molar-refractivity contribution is 6.12. The number of rotatable bonds is 9. The Bertz CT molecular complexity index is 1730. The van der Waals surface area contributed by atoms with Crippen molar-refractivity contribution in [3.05, 3.63) is 149 Å². The van der Waals surface area contributed by atoms with E-state index in [9.17, 15) is 14.7 Å². The Morgan fingerprint density at radius 1 is 0.902 bits per heavy atom. The smallest absolute Gasteiger partial charge is 0.310 e. The predicted molar refractivity (Wildman–Crippen MR) is 160 cm³/mol. The number of hydrogen-bond acceptors (Lipinski definition) is 4. The van der Waals surface area contributed by atoms with Gasteiger partial charge in [-0.05, 0) is 36.2 Å². The van der Waals surface area contributed by atoms with Crippen molar-refractivity contribution in [3.8, 4) is 11.8 Å². The van der Waals surface area contributed by atoms with Gasteiger partial charge < -0.3 is 15.0 Å². The second-order valence-electron chi connectivity index (χ2n) is 9.63. The van der Waals surface area contributed by atoms with Crippen LogP contribution in [0.1, 0.15) is 51.3 Å². The molecular formula is C35H29N3O3. The summed E-state index contributed by atoms with van der Waals surface area (Å²) in [5.74, 6) is 5.51. The van der Waals surface area contributed by atoms with Crippen LogP contribution >= 0.6 is 0 Å². The summed E-state index contributed by atoms with van der Waals surface area (Å²) in [6, 6.07) is 31.9. The van der Waals surface area contributed by atoms with E-state index >= 15 is 0 Å². The first kappa shape index (κ1) is 27.2. The van der Waals surface area contributed by atoms with Crippen molar-refractivity contribution < 1.29 is 14.7 Å². The molecule has 1 heterocycles. The zero-order chi connectivity index (χ0) is 28.6. The second-order valence-corrected chi connectivity index (χ2v) is 9.63. The van der Waals surface area contributed by atoms with Crippen molar-refractivity contribution in [2.75, 3.05) is 5.32 Å². The summed E-state index contributed by atoms with van der Waals surface area (Å²) in [7, 11) is 0. The molecule has 0 amide bonds. The van der Waals surface area contributed by atoms with Crippen LogP contribution in [-0.2, 0) is 17.8 Å². The van der Waals surface area contributed by atoms with Crippen LogP contribution in [0, 0.1) is 11.8 Å². The number of aliphatic carboxylic acids is 1. The predicted octanol–water partition coefficient (Wildman–Crippen LogP) is 6.69. The fraction of sp³-hybridized carbons (Fsp3) is 0.114. The zero-order valence-corrected chi connectivity index (χ0v) is 22.6. The Balaban J connectivity index is 1.48. The molecule has 2 N–H and O–H groups in total. The molecule has 0 bridgehead atoms. The van der Waals surface area contributed by atoms with E-state index in [0.717, 1.165) is 5.82 Å². The summed E-state index contributed by atoms with van der Waals surface area (Å²) in [6.07, 6.45) is 4.36. The van der Waals surface area contributed by atoms with Crippen molar-refractivity contribution in [3.63, 3.8) is 0 Å². The molecule has 0 unspecified atom stereocenters. The fourth-order valence-corrected chi connectivity index (χ4v) is 4.63. The molecule has 0 fully saturated rings. The van der Waals surface area contributed by atoms with E-state index in [0.29, 0.717) is 46.6 Å². The van der Waals surface area contributed by atoms with Crippen LogP contribution in [0.15, 0.2) is 116 Å². The largest absolute Gasteiger partial charge is 0.481 e. The van der Waals surface area contributed by atoms with Crippen LogP contribution in [0.3, 0.4) is 0 Å². The van der Waals surface area contributed by atoms with Crippen LogP contribution in [0.4, 0.5) is 11.4 Å². The minimum absolute atomic E-state index is 0.129. The van der Waals surface area contributed by atoms with E-state index in [1.54, 1.807) is 37.4 Å². The van der Waals surface area contributed by atoms with Crippen molar-refractivity contribution in [2.24, 2.45) is 0 Å². The van der Waals surface area contributed by atoms with Crippen molar-refractivity contribution in [1.82, 2.24) is 9.55 Å². The molecule has 5 rings (SSSR count). The zero-order valence-electron chi connectivity index (χ0n) is 22.6. The van der Waals surface area contributed by atoms with Crippen LogP contribution < -0.4 is 5.32 Å². The third-order valence-electron chi connectivity index (χ3n) is 6.88. The van der Waals surface area contributed by atoms with Crippen LogP contribution in [0.5, 0.6) is 0 Å². The number of carbonyl (C=O) groups excluding carboxylic acids is 1. The third kappa shape index (κ3) is 6.43. The molecule has 0 radical (unpaired) electrons. The van der Waals surface area contributed by atoms with Crippen molar-refractivity contribution >= 4 is 23.1 Å². The number of aromatic nitrogens is 2. The van der Waals surface area contributed by atoms with E-state index in [1.165, 1.54) is 5.56 Å². The van der Waals surface area contributed by atoms with E-state index < -0.39 is 11.9 Å². The van der Waals surface area contributed by atoms with E-state index in [4.69, 9.17) is 0 Å². The molecule has 6 nitrogen and oxygen atoms in total. The summed E-state index contributed by atoms with van der Waals surface area (Å²) < 4.78 is 2.00. The maximum absolute atomic E-state index is 13.4. The summed E-state index contributed by atoms with van der Waals surface area (Å²) in [4.78, 5) is 29.9. The monoisotopic (exact) mass is 539 g/mol. The highest BCUT2D eigenvalue weighted by atomic mass is 16.4. The summed E-state index contributed by atoms with van der Waals surface area (Å²) in [5, 5.41) is 13.2. The van der Waals surface area contributed by atoms with E-state index in [2.05, 4.69) is 34.3 Å². The molecule has 1 aromatic heterocycles. The minimum atomic E-state index is -0.948. The van der Waals surface area contributed by atoms with Crippen LogP contribution in [0.25, 0.3) is 0 Å². The standard InChI is InChI=1S/C35H29N3O3/c1-25(35(40)41)29-19-10-16-27(17-11-22-38-23-21-36-32(38)24-26-12-4-2-5-13-26)33(29)37-31-20-9-8-18-30(31)34(39)28-14-6-3-7-15-28/h2-10,12-16,18-21,23,25,37H,22,24H2,1H3,(H,40,41)/t25-/m0/s1. The number of para-hydroxylation sites is 2. The first-order valence-electron chi connectivity index (χ1n) is 13.4. The lowest BCUT2D eigenvalue weighted by atomic mass is 9.95. The van der Waals surface area contributed by atoms with Gasteiger partial charge in [0.25, 0.3) is 0 Å². The van der Waals surface area contributed by atoms with Gasteiger partial charge in [0.05, 0.1) is 18.2 Å². The Kier molecular flexibility index (Phi) is 8.37. The molecule has 0 aliphatic rings. The van der Waals surface area contributed by atoms with Crippen LogP contribution in [-0.4, -0.2) is 26.4 Å². The van der Waals surface area contributed by atoms with E-state index in [-0.39, 0.29) is 5.78 Å². The topological polar surface area (TPSA) is 84.2 Å². The highest BCUT2D eigenvalue weighted by Gasteiger charge is 2.21. The number of imidazole rings is 1. The van der Waals surface area contributed by atoms with Crippen LogP contribution in [0.2, 0.25) is 0 Å². The van der Waals surface area contributed by atoms with E-state index in [1.807, 2.05) is 77.5 Å². The number of hydrogen-bond donors (Lipinski definition) is 2. The lowest BCUT2D eigenvalue weighted by Crippen LogP contribution is -2.12. The molecule has 6 heteroatoms. The van der Waals surface area contributed by atoms with Gasteiger partial charge >= 0.3 is 5.97 Å². The third-order valence-corrected chi connectivity index (χ3v) is 6.88. The summed E-state index contributed by atoms with van der Waals surface area (Å²) in [6.45, 7) is 2.06. The SMILES string of the molecule is C[C@H](C(=O)O)c1cccc(C#CCn2ccnc2Cc2ccccc2)c1Nc1ccccc1C(=O)c1ccccc1. The Labute approximate surface area is 239 Å². The lowest BCUT2D eigenvalue weighted by Gasteiger charge is -2.19. The Morgan fingerprint density at radius 2 is 1.61 bits per heavy atom. The molecule has 202 valence electrons. The Morgan fingerprint density at radius 3 is 2.37 bits per heavy atom. The molecule has 0 saturated heterocycles. The number of benzene rings is 4. The normalized spacial score (nSPS) is 11.2. The number of anilines is 2. The number of carboxylic acids is 1. The number of ketones is 1. The molecule has 0 saturated carbocycles. The summed E-state index contributed by atoms with van der Waals surface area (Å²) >= 11 is 0. The molecule has 0 aliphatic carbocycles. The van der Waals surface area contributed by atoms with Crippen molar-refractivity contribution in [1.29, 1.82) is 0 Å². The quantitative estimate of drug-likeness (QED) is 0.161. The maximum Gasteiger partial charge on any atom is 0.310 e. The van der Waals surface area contributed by atoms with Gasteiger partial charge in [0.1, 0.15) is 5.82 Å². The number of carbonyl (C=O) groups is 2. The molecule has 0 aliphatic heterocycles. The van der Waals surface area contributed by atoms with Gasteiger partial charge in [-0.2, -0.15) is 0 Å². The van der Waals surface area contributed by atoms with Gasteiger partial charge in [0, 0.05) is 41.2 Å². The average molecular weight is 540 g/mol. The molecule has 41 heavy (non-hydrogen) atoms. The first-order valence-corrected chi connectivity index (χ1v) is 13.4. The number of nitrogens with zero attached hydrogens (tertiary/aromatic N) is 2. The maximum atomic E-state index is 13.4. The summed E-state index contributed by atoms with van der Waals surface area (Å²) in [5.41, 5.74) is 4.59. The fourth-order valence-electron chi connectivity index (χ4n) is 4.63. The van der Waals surface area contributed by atoms with Gasteiger partial charge in [-0.25, -0.2) is 4.98 Å². The second kappa shape index (κ2) is 12.6. The Hall–Kier alpha value is -5.41. The molecule has 0 spiro atoms. The number of nitrogens with one attached hydrogen (secondary N) is 1. The highest BCUT2D eigenvalue weighted by Crippen LogP contribution is 2.32. The van der Waals surface area contributed by atoms with Gasteiger partial charge in [-0.15, -0.1) is 0 Å². The van der Waals surface area contributed by atoms with Gasteiger partial charge in [-0.1, -0.05) is 96.8 Å². The first-order chi connectivity index (χ1) is 20.0. The molecule has 4 aromatic carbocycles.